The first kappa shape index (κ1) is 20.5. The Morgan fingerprint density at radius 3 is 2.72 bits per heavy atom. The summed E-state index contributed by atoms with van der Waals surface area (Å²) in [5.41, 5.74) is 2.32. The van der Waals surface area contributed by atoms with Gasteiger partial charge in [0.2, 0.25) is 5.91 Å². The summed E-state index contributed by atoms with van der Waals surface area (Å²) in [4.78, 5) is 16.5. The van der Waals surface area contributed by atoms with E-state index in [2.05, 4.69) is 10.3 Å². The molecule has 0 bridgehead atoms. The van der Waals surface area contributed by atoms with Crippen LogP contribution in [0.5, 0.6) is 11.5 Å². The molecule has 0 saturated carbocycles. The van der Waals surface area contributed by atoms with E-state index in [0.29, 0.717) is 16.4 Å². The third kappa shape index (κ3) is 6.11. The second-order valence-electron chi connectivity index (χ2n) is 5.86. The number of hydrogen-bond acceptors (Lipinski definition) is 5. The minimum absolute atomic E-state index is 0.317. The predicted molar refractivity (Wildman–Crippen MR) is 110 cm³/mol. The molecule has 29 heavy (non-hydrogen) atoms. The molecule has 8 heteroatoms. The fourth-order valence-corrected chi connectivity index (χ4v) is 3.13. The minimum atomic E-state index is -2.54. The van der Waals surface area contributed by atoms with Gasteiger partial charge in [-0.1, -0.05) is 12.1 Å². The van der Waals surface area contributed by atoms with Crippen molar-refractivity contribution in [2.24, 2.45) is 0 Å². The smallest absolute Gasteiger partial charge is 0.272 e. The van der Waals surface area contributed by atoms with Gasteiger partial charge in [-0.15, -0.1) is 11.3 Å². The normalized spacial score (nSPS) is 11.0. The lowest BCUT2D eigenvalue weighted by Crippen LogP contribution is -2.07. The second kappa shape index (κ2) is 9.79. The van der Waals surface area contributed by atoms with Gasteiger partial charge in [0.05, 0.1) is 12.8 Å². The Kier molecular flexibility index (Phi) is 6.91. The lowest BCUT2D eigenvalue weighted by atomic mass is 10.2. The number of methoxy groups -OCH3 is 1. The van der Waals surface area contributed by atoms with Gasteiger partial charge >= 0.3 is 0 Å². The number of anilines is 1. The third-order valence-corrected chi connectivity index (χ3v) is 4.54. The van der Waals surface area contributed by atoms with Gasteiger partial charge in [-0.25, -0.2) is 13.8 Å². The molecule has 1 amide bonds. The van der Waals surface area contributed by atoms with Crippen LogP contribution in [-0.2, 0) is 4.79 Å². The highest BCUT2D eigenvalue weighted by atomic mass is 32.1. The van der Waals surface area contributed by atoms with Crippen molar-refractivity contribution in [3.8, 4) is 22.8 Å². The number of nitrogens with zero attached hydrogens (tertiary/aromatic N) is 1. The number of benzene rings is 2. The maximum absolute atomic E-state index is 12.2. The molecule has 0 atom stereocenters. The number of nitrogens with one attached hydrogen (secondary N) is 1. The van der Waals surface area contributed by atoms with Gasteiger partial charge in [0.15, 0.2) is 5.13 Å². The Bertz CT molecular complexity index is 988. The van der Waals surface area contributed by atoms with E-state index in [1.807, 2.05) is 29.6 Å². The Labute approximate surface area is 170 Å². The standard InChI is InChI=1S/C21H18F2N2O3S/c1-27-16-8-6-15(7-9-16)18-13-29-21(24-18)25-20(26)10-5-14-3-2-4-17(11-14)28-12-19(22)23/h2-11,13,19H,12H2,1H3,(H,24,25,26). The lowest BCUT2D eigenvalue weighted by Gasteiger charge is -2.05. The number of alkyl halides is 2. The molecule has 0 aliphatic carbocycles. The van der Waals surface area contributed by atoms with Gasteiger partial charge < -0.3 is 9.47 Å². The summed E-state index contributed by atoms with van der Waals surface area (Å²) in [7, 11) is 1.60. The number of thiazole rings is 1. The van der Waals surface area contributed by atoms with Crippen LogP contribution in [0.2, 0.25) is 0 Å². The largest absolute Gasteiger partial charge is 0.497 e. The fraction of sp³-hybridized carbons (Fsp3) is 0.143. The number of hydrogen-bond donors (Lipinski definition) is 1. The molecule has 1 aromatic heterocycles. The number of amides is 1. The molecule has 0 fully saturated rings. The first-order valence-electron chi connectivity index (χ1n) is 8.63. The van der Waals surface area contributed by atoms with Crippen molar-refractivity contribution >= 4 is 28.5 Å². The van der Waals surface area contributed by atoms with Crippen LogP contribution in [0.1, 0.15) is 5.56 Å². The number of ether oxygens (including phenoxy) is 2. The van der Waals surface area contributed by atoms with E-state index in [-0.39, 0.29) is 5.91 Å². The highest BCUT2D eigenvalue weighted by molar-refractivity contribution is 7.14. The average molecular weight is 416 g/mol. The van der Waals surface area contributed by atoms with Gasteiger partial charge in [0.25, 0.3) is 6.43 Å². The van der Waals surface area contributed by atoms with Gasteiger partial charge in [-0.05, 0) is 48.0 Å². The van der Waals surface area contributed by atoms with Crippen LogP contribution in [0, 0.1) is 0 Å². The molecule has 0 aliphatic rings. The number of halogens is 2. The molecule has 0 radical (unpaired) electrons. The van der Waals surface area contributed by atoms with Crippen LogP contribution >= 0.6 is 11.3 Å². The van der Waals surface area contributed by atoms with Gasteiger partial charge in [0, 0.05) is 17.0 Å². The maximum Gasteiger partial charge on any atom is 0.272 e. The molecule has 0 unspecified atom stereocenters. The molecule has 0 spiro atoms. The highest BCUT2D eigenvalue weighted by Crippen LogP contribution is 2.26. The van der Waals surface area contributed by atoms with E-state index < -0.39 is 13.0 Å². The van der Waals surface area contributed by atoms with Crippen LogP contribution in [-0.4, -0.2) is 31.0 Å². The molecule has 1 N–H and O–H groups in total. The molecule has 150 valence electrons. The third-order valence-electron chi connectivity index (χ3n) is 3.78. The van der Waals surface area contributed by atoms with E-state index in [1.165, 1.54) is 17.4 Å². The zero-order valence-electron chi connectivity index (χ0n) is 15.5. The molecule has 3 rings (SSSR count). The second-order valence-corrected chi connectivity index (χ2v) is 6.72. The van der Waals surface area contributed by atoms with E-state index in [9.17, 15) is 13.6 Å². The summed E-state index contributed by atoms with van der Waals surface area (Å²) in [6.07, 6.45) is 0.379. The number of aromatic nitrogens is 1. The maximum atomic E-state index is 12.2. The summed E-state index contributed by atoms with van der Waals surface area (Å²) < 4.78 is 34.6. The van der Waals surface area contributed by atoms with Gasteiger partial charge in [-0.2, -0.15) is 0 Å². The highest BCUT2D eigenvalue weighted by Gasteiger charge is 2.07. The molecule has 3 aromatic rings. The van der Waals surface area contributed by atoms with Crippen molar-refractivity contribution in [3.05, 3.63) is 65.6 Å². The average Bonchev–Trinajstić information content (AvgIpc) is 3.19. The fourth-order valence-electron chi connectivity index (χ4n) is 2.41. The first-order valence-corrected chi connectivity index (χ1v) is 9.51. The van der Waals surface area contributed by atoms with Crippen molar-refractivity contribution < 1.29 is 23.0 Å². The summed E-state index contributed by atoms with van der Waals surface area (Å²) in [6.45, 7) is -0.672. The van der Waals surface area contributed by atoms with Crippen LogP contribution < -0.4 is 14.8 Å². The zero-order chi connectivity index (χ0) is 20.6. The van der Waals surface area contributed by atoms with Crippen LogP contribution in [0.3, 0.4) is 0 Å². The first-order chi connectivity index (χ1) is 14.0. The number of carbonyl (C=O) groups is 1. The summed E-state index contributed by atoms with van der Waals surface area (Å²) >= 11 is 1.32. The monoisotopic (exact) mass is 416 g/mol. The molecule has 2 aromatic carbocycles. The van der Waals surface area contributed by atoms with Crippen molar-refractivity contribution in [1.29, 1.82) is 0 Å². The molecule has 1 heterocycles. The summed E-state index contributed by atoms with van der Waals surface area (Å²) in [6, 6.07) is 14.0. The van der Waals surface area contributed by atoms with E-state index >= 15 is 0 Å². The Morgan fingerprint density at radius 2 is 2.00 bits per heavy atom. The molecular formula is C21H18F2N2O3S. The Hall–Kier alpha value is -3.26. The van der Waals surface area contributed by atoms with Gasteiger partial charge in [-0.3, -0.25) is 10.1 Å². The van der Waals surface area contributed by atoms with Gasteiger partial charge in [0.1, 0.15) is 18.1 Å². The van der Waals surface area contributed by atoms with Crippen molar-refractivity contribution in [2.45, 2.75) is 6.43 Å². The Balaban J connectivity index is 1.59. The number of carbonyl (C=O) groups excluding carboxylic acids is 1. The van der Waals surface area contributed by atoms with E-state index in [0.717, 1.165) is 17.0 Å². The molecule has 0 aliphatic heterocycles. The van der Waals surface area contributed by atoms with Crippen LogP contribution in [0.15, 0.2) is 60.0 Å². The van der Waals surface area contributed by atoms with E-state index in [4.69, 9.17) is 9.47 Å². The van der Waals surface area contributed by atoms with Crippen molar-refractivity contribution in [3.63, 3.8) is 0 Å². The van der Waals surface area contributed by atoms with Crippen molar-refractivity contribution in [2.75, 3.05) is 19.0 Å². The molecule has 0 saturated heterocycles. The van der Waals surface area contributed by atoms with Crippen LogP contribution in [0.25, 0.3) is 17.3 Å². The SMILES string of the molecule is COc1ccc(-c2csc(NC(=O)C=Cc3cccc(OCC(F)F)c3)n2)cc1. The summed E-state index contributed by atoms with van der Waals surface area (Å²) in [5.74, 6) is 0.725. The molecular weight excluding hydrogens is 398 g/mol. The minimum Gasteiger partial charge on any atom is -0.497 e. The lowest BCUT2D eigenvalue weighted by molar-refractivity contribution is -0.111. The topological polar surface area (TPSA) is 60.5 Å². The number of rotatable bonds is 8. The quantitative estimate of drug-likeness (QED) is 0.518. The predicted octanol–water partition coefficient (Wildman–Crippen LogP) is 5.11. The summed E-state index contributed by atoms with van der Waals surface area (Å²) in [5, 5.41) is 5.03. The zero-order valence-corrected chi connectivity index (χ0v) is 16.3. The van der Waals surface area contributed by atoms with Crippen LogP contribution in [0.4, 0.5) is 13.9 Å². The molecule has 5 nitrogen and oxygen atoms in total. The van der Waals surface area contributed by atoms with E-state index in [1.54, 1.807) is 37.5 Å². The van der Waals surface area contributed by atoms with Crippen molar-refractivity contribution in [1.82, 2.24) is 4.98 Å². The Morgan fingerprint density at radius 1 is 1.21 bits per heavy atom.